The predicted octanol–water partition coefficient (Wildman–Crippen LogP) is 3.40. The SMILES string of the molecule is CC1(C)CC=C(c2cc(C3(N)CCOCC3)ccc2-n2c(C#N)cnc2C(N)=O)CC1. The zero-order chi connectivity index (χ0) is 22.2. The molecule has 2 aromatic rings. The van der Waals surface area contributed by atoms with Crippen LogP contribution in [-0.4, -0.2) is 28.7 Å². The summed E-state index contributed by atoms with van der Waals surface area (Å²) in [6.07, 6.45) is 8.09. The van der Waals surface area contributed by atoms with Gasteiger partial charge in [-0.1, -0.05) is 26.0 Å². The minimum Gasteiger partial charge on any atom is -0.381 e. The molecular formula is C24H29N5O2. The molecule has 0 bridgehead atoms. The van der Waals surface area contributed by atoms with Gasteiger partial charge in [0.15, 0.2) is 0 Å². The Morgan fingerprint density at radius 3 is 2.61 bits per heavy atom. The van der Waals surface area contributed by atoms with Crippen LogP contribution in [0.1, 0.15) is 73.4 Å². The molecule has 2 aliphatic rings. The average molecular weight is 420 g/mol. The van der Waals surface area contributed by atoms with Crippen LogP contribution in [0.4, 0.5) is 0 Å². The average Bonchev–Trinajstić information content (AvgIpc) is 3.18. The molecule has 162 valence electrons. The number of carbonyl (C=O) groups is 1. The molecule has 1 aliphatic heterocycles. The lowest BCUT2D eigenvalue weighted by Gasteiger charge is -2.35. The van der Waals surface area contributed by atoms with Crippen LogP contribution in [0.25, 0.3) is 11.3 Å². The number of aromatic nitrogens is 2. The van der Waals surface area contributed by atoms with Crippen molar-refractivity contribution in [2.75, 3.05) is 13.2 Å². The van der Waals surface area contributed by atoms with E-state index >= 15 is 0 Å². The number of nitrogens with zero attached hydrogens (tertiary/aromatic N) is 3. The van der Waals surface area contributed by atoms with Gasteiger partial charge in [0.05, 0.1) is 11.9 Å². The molecule has 7 heteroatoms. The first-order valence-electron chi connectivity index (χ1n) is 10.7. The number of primary amides is 1. The number of hydrogen-bond acceptors (Lipinski definition) is 5. The number of carbonyl (C=O) groups excluding carboxylic acids is 1. The molecule has 1 aromatic heterocycles. The number of imidazole rings is 1. The molecule has 0 saturated carbocycles. The van der Waals surface area contributed by atoms with E-state index < -0.39 is 11.4 Å². The number of hydrogen-bond donors (Lipinski definition) is 2. The van der Waals surface area contributed by atoms with Crippen LogP contribution in [-0.2, 0) is 10.3 Å². The molecule has 0 unspecified atom stereocenters. The predicted molar refractivity (Wildman–Crippen MR) is 118 cm³/mol. The lowest BCUT2D eigenvalue weighted by molar-refractivity contribution is 0.0522. The smallest absolute Gasteiger partial charge is 0.285 e. The van der Waals surface area contributed by atoms with Crippen LogP contribution in [0.2, 0.25) is 0 Å². The summed E-state index contributed by atoms with van der Waals surface area (Å²) in [7, 11) is 0. The lowest BCUT2D eigenvalue weighted by atomic mass is 9.76. The summed E-state index contributed by atoms with van der Waals surface area (Å²) < 4.78 is 7.08. The Morgan fingerprint density at radius 1 is 1.26 bits per heavy atom. The fourth-order valence-electron chi connectivity index (χ4n) is 4.49. The van der Waals surface area contributed by atoms with Crippen molar-refractivity contribution in [1.82, 2.24) is 9.55 Å². The molecule has 1 aliphatic carbocycles. The van der Waals surface area contributed by atoms with Gasteiger partial charge in [0.2, 0.25) is 5.82 Å². The standard InChI is InChI=1S/C24H29N5O2/c1-23(2)7-5-16(6-8-23)19-13-17(24(27)9-11-31-12-10-24)3-4-20(19)29-18(14-25)15-28-22(29)21(26)30/h3-5,13,15H,6-12,27H2,1-2H3,(H2,26,30). The van der Waals surface area contributed by atoms with E-state index in [0.717, 1.165) is 48.9 Å². The highest BCUT2D eigenvalue weighted by Crippen LogP contribution is 2.41. The summed E-state index contributed by atoms with van der Waals surface area (Å²) >= 11 is 0. The second kappa shape index (κ2) is 7.95. The summed E-state index contributed by atoms with van der Waals surface area (Å²) in [5.41, 5.74) is 16.4. The van der Waals surface area contributed by atoms with E-state index in [2.05, 4.69) is 37.0 Å². The van der Waals surface area contributed by atoms with E-state index in [1.807, 2.05) is 12.1 Å². The summed E-state index contributed by atoms with van der Waals surface area (Å²) in [6, 6.07) is 8.18. The number of ether oxygens (including phenoxy) is 1. The topological polar surface area (TPSA) is 120 Å². The number of allylic oxidation sites excluding steroid dienone is 2. The first-order valence-corrected chi connectivity index (χ1v) is 10.7. The summed E-state index contributed by atoms with van der Waals surface area (Å²) in [6.45, 7) is 5.81. The third kappa shape index (κ3) is 4.01. The molecule has 0 radical (unpaired) electrons. The summed E-state index contributed by atoms with van der Waals surface area (Å²) in [5.74, 6) is -0.620. The fourth-order valence-corrected chi connectivity index (χ4v) is 4.49. The third-order valence-electron chi connectivity index (χ3n) is 6.61. The number of nitriles is 1. The maximum atomic E-state index is 12.0. The molecule has 31 heavy (non-hydrogen) atoms. The number of benzene rings is 1. The molecule has 1 amide bonds. The molecule has 4 rings (SSSR count). The van der Waals surface area contributed by atoms with Gasteiger partial charge in [-0.25, -0.2) is 4.98 Å². The van der Waals surface area contributed by atoms with Gasteiger partial charge in [0, 0.05) is 24.3 Å². The van der Waals surface area contributed by atoms with Gasteiger partial charge in [0.1, 0.15) is 11.8 Å². The summed E-state index contributed by atoms with van der Waals surface area (Å²) in [5, 5.41) is 9.63. The van der Waals surface area contributed by atoms with Gasteiger partial charge < -0.3 is 16.2 Å². The molecule has 4 N–H and O–H groups in total. The number of amides is 1. The Hall–Kier alpha value is -2.95. The third-order valence-corrected chi connectivity index (χ3v) is 6.61. The maximum absolute atomic E-state index is 12.0. The van der Waals surface area contributed by atoms with Crippen molar-refractivity contribution >= 4 is 11.5 Å². The Bertz CT molecular complexity index is 1080. The zero-order valence-corrected chi connectivity index (χ0v) is 18.1. The van der Waals surface area contributed by atoms with Crippen molar-refractivity contribution in [2.45, 2.75) is 51.5 Å². The highest BCUT2D eigenvalue weighted by Gasteiger charge is 2.32. The largest absolute Gasteiger partial charge is 0.381 e. The minimum atomic E-state index is -0.671. The van der Waals surface area contributed by atoms with E-state index in [1.54, 1.807) is 4.57 Å². The zero-order valence-electron chi connectivity index (χ0n) is 18.1. The van der Waals surface area contributed by atoms with Crippen molar-refractivity contribution < 1.29 is 9.53 Å². The number of rotatable bonds is 4. The first-order chi connectivity index (χ1) is 14.7. The van der Waals surface area contributed by atoms with Crippen molar-refractivity contribution in [2.24, 2.45) is 16.9 Å². The lowest BCUT2D eigenvalue weighted by Crippen LogP contribution is -2.42. The van der Waals surface area contributed by atoms with Gasteiger partial charge in [-0.2, -0.15) is 5.26 Å². The second-order valence-corrected chi connectivity index (χ2v) is 9.38. The van der Waals surface area contributed by atoms with Crippen LogP contribution >= 0.6 is 0 Å². The Morgan fingerprint density at radius 2 is 2.00 bits per heavy atom. The molecule has 2 heterocycles. The van der Waals surface area contributed by atoms with E-state index in [0.29, 0.717) is 13.2 Å². The first kappa shape index (κ1) is 21.3. The molecular weight excluding hydrogens is 390 g/mol. The quantitative estimate of drug-likeness (QED) is 0.787. The highest BCUT2D eigenvalue weighted by atomic mass is 16.5. The maximum Gasteiger partial charge on any atom is 0.285 e. The van der Waals surface area contributed by atoms with E-state index in [9.17, 15) is 10.1 Å². The summed E-state index contributed by atoms with van der Waals surface area (Å²) in [4.78, 5) is 16.1. The van der Waals surface area contributed by atoms with Crippen LogP contribution in [0.3, 0.4) is 0 Å². The number of nitrogens with two attached hydrogens (primary N) is 2. The van der Waals surface area contributed by atoms with Gasteiger partial charge in [-0.05, 0) is 60.8 Å². The van der Waals surface area contributed by atoms with E-state index in [1.165, 1.54) is 11.8 Å². The highest BCUT2D eigenvalue weighted by molar-refractivity contribution is 5.90. The van der Waals surface area contributed by atoms with Crippen LogP contribution in [0, 0.1) is 16.7 Å². The normalized spacial score (nSPS) is 20.0. The molecule has 1 saturated heterocycles. The van der Waals surface area contributed by atoms with Crippen LogP contribution in [0.5, 0.6) is 0 Å². The molecule has 0 atom stereocenters. The Kier molecular flexibility index (Phi) is 5.46. The van der Waals surface area contributed by atoms with Crippen molar-refractivity contribution in [1.29, 1.82) is 5.26 Å². The molecule has 0 spiro atoms. The van der Waals surface area contributed by atoms with Crippen molar-refractivity contribution in [3.63, 3.8) is 0 Å². The van der Waals surface area contributed by atoms with Gasteiger partial charge in [-0.15, -0.1) is 0 Å². The van der Waals surface area contributed by atoms with Gasteiger partial charge >= 0.3 is 0 Å². The Labute approximate surface area is 182 Å². The van der Waals surface area contributed by atoms with Crippen LogP contribution < -0.4 is 11.5 Å². The molecule has 1 aromatic carbocycles. The van der Waals surface area contributed by atoms with Gasteiger partial charge in [-0.3, -0.25) is 9.36 Å². The Balaban J connectivity index is 1.91. The van der Waals surface area contributed by atoms with Gasteiger partial charge in [0.25, 0.3) is 5.91 Å². The monoisotopic (exact) mass is 419 g/mol. The molecule has 7 nitrogen and oxygen atoms in total. The van der Waals surface area contributed by atoms with Crippen molar-refractivity contribution in [3.05, 3.63) is 53.1 Å². The van der Waals surface area contributed by atoms with Crippen LogP contribution in [0.15, 0.2) is 30.5 Å². The second-order valence-electron chi connectivity index (χ2n) is 9.38. The fraction of sp³-hybridized carbons (Fsp3) is 0.458. The van der Waals surface area contributed by atoms with E-state index in [4.69, 9.17) is 16.2 Å². The van der Waals surface area contributed by atoms with Crippen molar-refractivity contribution in [3.8, 4) is 11.8 Å². The minimum absolute atomic E-state index is 0.0517. The van der Waals surface area contributed by atoms with E-state index in [-0.39, 0.29) is 16.9 Å². The molecule has 1 fully saturated rings.